The van der Waals surface area contributed by atoms with Crippen LogP contribution in [0.2, 0.25) is 0 Å². The normalized spacial score (nSPS) is 25.6. The van der Waals surface area contributed by atoms with Gasteiger partial charge >= 0.3 is 0 Å². The fourth-order valence-corrected chi connectivity index (χ4v) is 4.66. The number of hydrogen-bond acceptors (Lipinski definition) is 4. The molecule has 1 atom stereocenters. The van der Waals surface area contributed by atoms with Crippen molar-refractivity contribution < 1.29 is 4.79 Å². The van der Waals surface area contributed by atoms with Crippen LogP contribution in [0.1, 0.15) is 56.7 Å². The topological polar surface area (TPSA) is 53.4 Å². The molecule has 1 unspecified atom stereocenters. The van der Waals surface area contributed by atoms with E-state index in [9.17, 15) is 4.79 Å². The van der Waals surface area contributed by atoms with Crippen molar-refractivity contribution in [2.45, 2.75) is 77.5 Å². The van der Waals surface area contributed by atoms with Gasteiger partial charge in [0, 0.05) is 43.5 Å². The van der Waals surface area contributed by atoms with Crippen molar-refractivity contribution in [2.75, 3.05) is 26.2 Å². The zero-order valence-electron chi connectivity index (χ0n) is 17.0. The number of nitrogens with one attached hydrogen (secondary N) is 1. The molecule has 0 aromatic carbocycles. The SMILES string of the molecule is CCn1cc(CN2CCC(N3CCCC(C(=O)NC4CC4)C3)CC2)c(C)n1. The number of carbonyl (C=O) groups excluding carboxylic acids is 1. The minimum atomic E-state index is 0.208. The minimum absolute atomic E-state index is 0.208. The number of amides is 1. The van der Waals surface area contributed by atoms with Crippen molar-refractivity contribution in [1.82, 2.24) is 24.9 Å². The average molecular weight is 374 g/mol. The third kappa shape index (κ3) is 4.72. The first kappa shape index (κ1) is 18.9. The molecule has 3 heterocycles. The lowest BCUT2D eigenvalue weighted by Gasteiger charge is -2.42. The molecule has 3 aliphatic rings. The van der Waals surface area contributed by atoms with Gasteiger partial charge in [-0.25, -0.2) is 0 Å². The minimum Gasteiger partial charge on any atom is -0.353 e. The van der Waals surface area contributed by atoms with Gasteiger partial charge in [-0.2, -0.15) is 5.10 Å². The van der Waals surface area contributed by atoms with Gasteiger partial charge in [0.2, 0.25) is 5.91 Å². The Morgan fingerprint density at radius 2 is 1.96 bits per heavy atom. The molecule has 1 aromatic heterocycles. The van der Waals surface area contributed by atoms with Crippen LogP contribution in [0, 0.1) is 12.8 Å². The van der Waals surface area contributed by atoms with Crippen LogP contribution in [-0.2, 0) is 17.9 Å². The van der Waals surface area contributed by atoms with Gasteiger partial charge in [-0.15, -0.1) is 0 Å². The van der Waals surface area contributed by atoms with E-state index in [0.717, 1.165) is 39.1 Å². The van der Waals surface area contributed by atoms with Gasteiger partial charge < -0.3 is 5.32 Å². The van der Waals surface area contributed by atoms with Gasteiger partial charge in [-0.1, -0.05) is 0 Å². The standard InChI is InChI=1S/C21H35N5O/c1-3-26-15-18(16(2)23-26)13-24-11-8-20(9-12-24)25-10-4-5-17(14-25)21(27)22-19-6-7-19/h15,17,19-20H,3-14H2,1-2H3,(H,22,27). The summed E-state index contributed by atoms with van der Waals surface area (Å²) in [6.07, 6.45) is 9.23. The molecule has 150 valence electrons. The average Bonchev–Trinajstić information content (AvgIpc) is 3.44. The third-order valence-electron chi connectivity index (χ3n) is 6.59. The lowest BCUT2D eigenvalue weighted by Crippen LogP contribution is -2.50. The second kappa shape index (κ2) is 8.31. The molecule has 1 aromatic rings. The Hall–Kier alpha value is -1.40. The highest BCUT2D eigenvalue weighted by Crippen LogP contribution is 2.26. The Morgan fingerprint density at radius 3 is 2.63 bits per heavy atom. The van der Waals surface area contributed by atoms with Crippen LogP contribution in [-0.4, -0.2) is 63.8 Å². The van der Waals surface area contributed by atoms with E-state index in [1.54, 1.807) is 0 Å². The number of hydrogen-bond donors (Lipinski definition) is 1. The van der Waals surface area contributed by atoms with E-state index in [1.165, 1.54) is 49.9 Å². The van der Waals surface area contributed by atoms with Gasteiger partial charge in [0.1, 0.15) is 0 Å². The molecule has 0 spiro atoms. The van der Waals surface area contributed by atoms with Crippen LogP contribution in [0.15, 0.2) is 6.20 Å². The first-order valence-corrected chi connectivity index (χ1v) is 10.9. The summed E-state index contributed by atoms with van der Waals surface area (Å²) in [5.74, 6) is 0.517. The smallest absolute Gasteiger partial charge is 0.224 e. The Bertz CT molecular complexity index is 645. The summed E-state index contributed by atoms with van der Waals surface area (Å²) in [5, 5.41) is 7.79. The highest BCUT2D eigenvalue weighted by Gasteiger charge is 2.33. The van der Waals surface area contributed by atoms with Crippen molar-refractivity contribution >= 4 is 5.91 Å². The van der Waals surface area contributed by atoms with Crippen molar-refractivity contribution in [1.29, 1.82) is 0 Å². The zero-order valence-corrected chi connectivity index (χ0v) is 17.0. The summed E-state index contributed by atoms with van der Waals surface area (Å²) >= 11 is 0. The van der Waals surface area contributed by atoms with Gasteiger partial charge in [0.25, 0.3) is 0 Å². The van der Waals surface area contributed by atoms with Crippen LogP contribution >= 0.6 is 0 Å². The maximum Gasteiger partial charge on any atom is 0.224 e. The molecule has 0 bridgehead atoms. The first-order chi connectivity index (χ1) is 13.1. The van der Waals surface area contributed by atoms with E-state index in [2.05, 4.69) is 40.3 Å². The van der Waals surface area contributed by atoms with E-state index in [0.29, 0.717) is 18.0 Å². The molecule has 2 aliphatic heterocycles. The summed E-state index contributed by atoms with van der Waals surface area (Å²) in [6.45, 7) is 10.6. The van der Waals surface area contributed by atoms with E-state index < -0.39 is 0 Å². The Labute approximate surface area is 163 Å². The molecular weight excluding hydrogens is 338 g/mol. The van der Waals surface area contributed by atoms with Crippen LogP contribution in [0.3, 0.4) is 0 Å². The molecule has 0 radical (unpaired) electrons. The Balaban J connectivity index is 1.25. The zero-order chi connectivity index (χ0) is 18.8. The molecule has 2 saturated heterocycles. The molecule has 1 N–H and O–H groups in total. The van der Waals surface area contributed by atoms with Crippen molar-refractivity contribution in [2.24, 2.45) is 5.92 Å². The second-order valence-corrected chi connectivity index (χ2v) is 8.72. The van der Waals surface area contributed by atoms with Crippen molar-refractivity contribution in [3.05, 3.63) is 17.5 Å². The lowest BCUT2D eigenvalue weighted by molar-refractivity contribution is -0.127. The number of aromatic nitrogens is 2. The van der Waals surface area contributed by atoms with Crippen LogP contribution in [0.4, 0.5) is 0 Å². The Morgan fingerprint density at radius 1 is 1.19 bits per heavy atom. The van der Waals surface area contributed by atoms with Crippen molar-refractivity contribution in [3.8, 4) is 0 Å². The lowest BCUT2D eigenvalue weighted by atomic mass is 9.93. The van der Waals surface area contributed by atoms with Crippen molar-refractivity contribution in [3.63, 3.8) is 0 Å². The predicted octanol–water partition coefficient (Wildman–Crippen LogP) is 2.17. The fourth-order valence-electron chi connectivity index (χ4n) is 4.66. The highest BCUT2D eigenvalue weighted by molar-refractivity contribution is 5.79. The molecule has 3 fully saturated rings. The molecule has 4 rings (SSSR count). The van der Waals surface area contributed by atoms with Crippen LogP contribution in [0.25, 0.3) is 0 Å². The second-order valence-electron chi connectivity index (χ2n) is 8.72. The summed E-state index contributed by atoms with van der Waals surface area (Å²) in [5.41, 5.74) is 2.53. The molecule has 27 heavy (non-hydrogen) atoms. The number of piperidine rings is 2. The summed E-state index contributed by atoms with van der Waals surface area (Å²) in [6, 6.07) is 1.13. The van der Waals surface area contributed by atoms with E-state index in [-0.39, 0.29) is 5.92 Å². The monoisotopic (exact) mass is 373 g/mol. The number of carbonyl (C=O) groups is 1. The summed E-state index contributed by atoms with van der Waals surface area (Å²) in [4.78, 5) is 17.6. The highest BCUT2D eigenvalue weighted by atomic mass is 16.2. The van der Waals surface area contributed by atoms with Gasteiger partial charge in [0.15, 0.2) is 0 Å². The van der Waals surface area contributed by atoms with Crippen LogP contribution in [0.5, 0.6) is 0 Å². The summed E-state index contributed by atoms with van der Waals surface area (Å²) in [7, 11) is 0. The maximum absolute atomic E-state index is 12.4. The quantitative estimate of drug-likeness (QED) is 0.830. The number of rotatable bonds is 6. The molecule has 6 heteroatoms. The predicted molar refractivity (Wildman–Crippen MR) is 106 cm³/mol. The van der Waals surface area contributed by atoms with E-state index >= 15 is 0 Å². The van der Waals surface area contributed by atoms with Crippen LogP contribution < -0.4 is 5.32 Å². The number of likely N-dealkylation sites (tertiary alicyclic amines) is 2. The molecule has 6 nitrogen and oxygen atoms in total. The number of nitrogens with zero attached hydrogens (tertiary/aromatic N) is 4. The first-order valence-electron chi connectivity index (χ1n) is 10.9. The fraction of sp³-hybridized carbons (Fsp3) is 0.810. The van der Waals surface area contributed by atoms with Gasteiger partial charge in [0.05, 0.1) is 11.6 Å². The van der Waals surface area contributed by atoms with Gasteiger partial charge in [-0.3, -0.25) is 19.3 Å². The van der Waals surface area contributed by atoms with E-state index in [4.69, 9.17) is 0 Å². The molecule has 1 amide bonds. The maximum atomic E-state index is 12.4. The molecule has 1 saturated carbocycles. The summed E-state index contributed by atoms with van der Waals surface area (Å²) < 4.78 is 2.04. The number of aryl methyl sites for hydroxylation is 2. The van der Waals surface area contributed by atoms with Gasteiger partial charge in [-0.05, 0) is 72.0 Å². The van der Waals surface area contributed by atoms with E-state index in [1.807, 2.05) is 4.68 Å². The third-order valence-corrected chi connectivity index (χ3v) is 6.59. The Kier molecular flexibility index (Phi) is 5.83. The molecular formula is C21H35N5O. The molecule has 1 aliphatic carbocycles. The largest absolute Gasteiger partial charge is 0.353 e.